The average Bonchev–Trinajstić information content (AvgIpc) is 3.21. The van der Waals surface area contributed by atoms with Gasteiger partial charge in [-0.25, -0.2) is 9.67 Å². The summed E-state index contributed by atoms with van der Waals surface area (Å²) in [5, 5.41) is 5.75. The van der Waals surface area contributed by atoms with Crippen LogP contribution >= 0.6 is 0 Å². The van der Waals surface area contributed by atoms with Gasteiger partial charge in [0.05, 0.1) is 17.6 Å². The third kappa shape index (κ3) is 3.41. The first kappa shape index (κ1) is 19.0. The van der Waals surface area contributed by atoms with Crippen LogP contribution in [0.3, 0.4) is 0 Å². The van der Waals surface area contributed by atoms with Crippen molar-refractivity contribution >= 4 is 16.7 Å². The first-order valence-corrected chi connectivity index (χ1v) is 10.4. The number of aromatic nitrogens is 3. The highest BCUT2D eigenvalue weighted by Gasteiger charge is 2.29. The van der Waals surface area contributed by atoms with Gasteiger partial charge in [0.15, 0.2) is 5.89 Å². The molecule has 8 nitrogen and oxygen atoms in total. The van der Waals surface area contributed by atoms with E-state index in [1.807, 2.05) is 25.1 Å². The van der Waals surface area contributed by atoms with Crippen molar-refractivity contribution in [1.29, 1.82) is 0 Å². The van der Waals surface area contributed by atoms with E-state index in [0.717, 1.165) is 54.5 Å². The number of carbonyl (C=O) groups excluding carboxylic acids is 1. The molecule has 30 heavy (non-hydrogen) atoms. The molecule has 0 spiro atoms. The molecular formula is C22H24N4O4. The summed E-state index contributed by atoms with van der Waals surface area (Å²) in [4.78, 5) is 32.1. The summed E-state index contributed by atoms with van der Waals surface area (Å²) in [5.41, 5.74) is 1.31. The second-order valence-corrected chi connectivity index (χ2v) is 7.97. The zero-order valence-electron chi connectivity index (χ0n) is 17.0. The van der Waals surface area contributed by atoms with Gasteiger partial charge in [0.25, 0.3) is 5.56 Å². The number of oxazole rings is 1. The SMILES string of the molecule is Cc1nn(CC(=O)N2CCc3oc(C4CCOCC4)nc3C2)c(=O)c2ccccc12. The molecule has 2 aliphatic rings. The molecule has 8 heteroatoms. The third-order valence-electron chi connectivity index (χ3n) is 6.00. The van der Waals surface area contributed by atoms with E-state index in [1.165, 1.54) is 4.68 Å². The largest absolute Gasteiger partial charge is 0.445 e. The highest BCUT2D eigenvalue weighted by Crippen LogP contribution is 2.30. The minimum Gasteiger partial charge on any atom is -0.445 e. The molecule has 0 unspecified atom stereocenters. The minimum atomic E-state index is -0.245. The second-order valence-electron chi connectivity index (χ2n) is 7.97. The predicted molar refractivity (Wildman–Crippen MR) is 109 cm³/mol. The summed E-state index contributed by atoms with van der Waals surface area (Å²) >= 11 is 0. The van der Waals surface area contributed by atoms with Gasteiger partial charge in [-0.3, -0.25) is 9.59 Å². The highest BCUT2D eigenvalue weighted by molar-refractivity contribution is 5.83. The van der Waals surface area contributed by atoms with Crippen molar-refractivity contribution in [3.8, 4) is 0 Å². The molecule has 4 heterocycles. The van der Waals surface area contributed by atoms with Crippen molar-refractivity contribution in [2.24, 2.45) is 0 Å². The fraction of sp³-hybridized carbons (Fsp3) is 0.455. The van der Waals surface area contributed by atoms with E-state index in [9.17, 15) is 9.59 Å². The van der Waals surface area contributed by atoms with Crippen molar-refractivity contribution in [1.82, 2.24) is 19.7 Å². The van der Waals surface area contributed by atoms with Crippen molar-refractivity contribution in [3.63, 3.8) is 0 Å². The number of nitrogens with zero attached hydrogens (tertiary/aromatic N) is 4. The van der Waals surface area contributed by atoms with E-state index < -0.39 is 0 Å². The van der Waals surface area contributed by atoms with Crippen LogP contribution in [0.15, 0.2) is 33.5 Å². The Hall–Kier alpha value is -3.00. The Morgan fingerprint density at radius 1 is 1.20 bits per heavy atom. The highest BCUT2D eigenvalue weighted by atomic mass is 16.5. The van der Waals surface area contributed by atoms with Gasteiger partial charge in [-0.1, -0.05) is 18.2 Å². The van der Waals surface area contributed by atoms with Crippen LogP contribution in [0.1, 0.15) is 41.8 Å². The van der Waals surface area contributed by atoms with Gasteiger partial charge in [-0.15, -0.1) is 0 Å². The zero-order chi connectivity index (χ0) is 20.7. The standard InChI is InChI=1S/C22H24N4O4/c1-14-16-4-2-3-5-17(16)22(28)26(24-14)13-20(27)25-9-6-19-18(12-25)23-21(30-19)15-7-10-29-11-8-15/h2-5,15H,6-13H2,1H3. The maximum Gasteiger partial charge on any atom is 0.275 e. The van der Waals surface area contributed by atoms with Gasteiger partial charge in [0.1, 0.15) is 18.0 Å². The molecule has 1 saturated heterocycles. The molecule has 1 aromatic carbocycles. The first-order valence-electron chi connectivity index (χ1n) is 10.4. The maximum atomic E-state index is 12.9. The molecule has 156 valence electrons. The van der Waals surface area contributed by atoms with Crippen molar-refractivity contribution in [2.45, 2.75) is 45.2 Å². The number of carbonyl (C=O) groups is 1. The molecule has 5 rings (SSSR count). The van der Waals surface area contributed by atoms with Crippen molar-refractivity contribution in [3.05, 3.63) is 57.7 Å². The van der Waals surface area contributed by atoms with Crippen LogP contribution in [-0.4, -0.2) is 45.3 Å². The van der Waals surface area contributed by atoms with E-state index in [0.29, 0.717) is 24.9 Å². The zero-order valence-corrected chi connectivity index (χ0v) is 17.0. The summed E-state index contributed by atoms with van der Waals surface area (Å²) in [7, 11) is 0. The Morgan fingerprint density at radius 2 is 1.97 bits per heavy atom. The van der Waals surface area contributed by atoms with Gasteiger partial charge < -0.3 is 14.1 Å². The molecule has 0 saturated carbocycles. The van der Waals surface area contributed by atoms with E-state index in [-0.39, 0.29) is 23.9 Å². The van der Waals surface area contributed by atoms with Gasteiger partial charge in [-0.05, 0) is 25.8 Å². The molecular weight excluding hydrogens is 384 g/mol. The fourth-order valence-electron chi connectivity index (χ4n) is 4.29. The van der Waals surface area contributed by atoms with Gasteiger partial charge in [0.2, 0.25) is 5.91 Å². The van der Waals surface area contributed by atoms with E-state index >= 15 is 0 Å². The molecule has 0 bridgehead atoms. The normalized spacial score (nSPS) is 17.3. The number of aryl methyl sites for hydroxylation is 1. The summed E-state index contributed by atoms with van der Waals surface area (Å²) < 4.78 is 12.7. The van der Waals surface area contributed by atoms with Crippen molar-refractivity contribution in [2.75, 3.05) is 19.8 Å². The third-order valence-corrected chi connectivity index (χ3v) is 6.00. The number of rotatable bonds is 3. The second kappa shape index (κ2) is 7.68. The number of fused-ring (bicyclic) bond motifs is 2. The number of hydrogen-bond acceptors (Lipinski definition) is 6. The summed E-state index contributed by atoms with van der Waals surface area (Å²) in [5.74, 6) is 1.79. The van der Waals surface area contributed by atoms with Gasteiger partial charge >= 0.3 is 0 Å². The quantitative estimate of drug-likeness (QED) is 0.660. The molecule has 0 radical (unpaired) electrons. The lowest BCUT2D eigenvalue weighted by molar-refractivity contribution is -0.133. The van der Waals surface area contributed by atoms with E-state index in [1.54, 1.807) is 11.0 Å². The first-order chi connectivity index (χ1) is 14.6. The lowest BCUT2D eigenvalue weighted by Crippen LogP contribution is -2.40. The minimum absolute atomic E-state index is 0.0789. The molecule has 2 aliphatic heterocycles. The topological polar surface area (TPSA) is 90.5 Å². The molecule has 2 aromatic heterocycles. The van der Waals surface area contributed by atoms with Crippen LogP contribution in [0.5, 0.6) is 0 Å². The van der Waals surface area contributed by atoms with Crippen LogP contribution < -0.4 is 5.56 Å². The van der Waals surface area contributed by atoms with Crippen molar-refractivity contribution < 1.29 is 13.9 Å². The van der Waals surface area contributed by atoms with E-state index in [2.05, 4.69) is 10.1 Å². The van der Waals surface area contributed by atoms with Gasteiger partial charge in [-0.2, -0.15) is 5.10 Å². The summed E-state index contributed by atoms with van der Waals surface area (Å²) in [6.07, 6.45) is 2.46. The Morgan fingerprint density at radius 3 is 2.77 bits per heavy atom. The number of amides is 1. The van der Waals surface area contributed by atoms with Gasteiger partial charge in [0, 0.05) is 37.5 Å². The smallest absolute Gasteiger partial charge is 0.275 e. The molecule has 1 fully saturated rings. The lowest BCUT2D eigenvalue weighted by atomic mass is 10.0. The molecule has 1 amide bonds. The summed E-state index contributed by atoms with van der Waals surface area (Å²) in [6, 6.07) is 7.34. The van der Waals surface area contributed by atoms with Crippen LogP contribution in [-0.2, 0) is 29.0 Å². The van der Waals surface area contributed by atoms with Crippen LogP contribution in [0, 0.1) is 6.92 Å². The molecule has 0 N–H and O–H groups in total. The summed E-state index contributed by atoms with van der Waals surface area (Å²) in [6.45, 7) is 4.19. The van der Waals surface area contributed by atoms with Crippen LogP contribution in [0.25, 0.3) is 10.8 Å². The average molecular weight is 408 g/mol. The Kier molecular flexibility index (Phi) is 4.86. The monoisotopic (exact) mass is 408 g/mol. The van der Waals surface area contributed by atoms with Crippen LogP contribution in [0.4, 0.5) is 0 Å². The molecule has 0 atom stereocenters. The number of ether oxygens (including phenoxy) is 1. The number of hydrogen-bond donors (Lipinski definition) is 0. The lowest BCUT2D eigenvalue weighted by Gasteiger charge is -2.25. The molecule has 0 aliphatic carbocycles. The molecule has 3 aromatic rings. The number of benzene rings is 1. The van der Waals surface area contributed by atoms with E-state index in [4.69, 9.17) is 9.15 Å². The Labute approximate surface area is 173 Å². The van der Waals surface area contributed by atoms with Crippen LogP contribution in [0.2, 0.25) is 0 Å². The predicted octanol–water partition coefficient (Wildman–Crippen LogP) is 2.17. The Bertz CT molecular complexity index is 1160. The Balaban J connectivity index is 1.34. The maximum absolute atomic E-state index is 12.9. The fourth-order valence-corrected chi connectivity index (χ4v) is 4.29.